The fourth-order valence-corrected chi connectivity index (χ4v) is 3.86. The van der Waals surface area contributed by atoms with Gasteiger partial charge in [-0.25, -0.2) is 9.59 Å². The lowest BCUT2D eigenvalue weighted by Crippen LogP contribution is -2.06. The second kappa shape index (κ2) is 35.9. The van der Waals surface area contributed by atoms with Crippen molar-refractivity contribution in [3.8, 4) is 0 Å². The van der Waals surface area contributed by atoms with E-state index in [4.69, 9.17) is 9.78 Å². The molecule has 0 rings (SSSR count). The molecule has 6 nitrogen and oxygen atoms in total. The summed E-state index contributed by atoms with van der Waals surface area (Å²) in [4.78, 5) is 41.5. The molecule has 0 bridgehead atoms. The van der Waals surface area contributed by atoms with Crippen molar-refractivity contribution in [2.45, 2.75) is 182 Å². The zero-order chi connectivity index (χ0) is 28.4. The lowest BCUT2D eigenvalue weighted by Gasteiger charge is -2.03. The van der Waals surface area contributed by atoms with Crippen molar-refractivity contribution in [2.75, 3.05) is 13.2 Å². The van der Waals surface area contributed by atoms with E-state index in [9.17, 15) is 9.59 Å². The summed E-state index contributed by atoms with van der Waals surface area (Å²) in [6.07, 6.45) is 27.6. The number of rotatable bonds is 28. The minimum atomic E-state index is -0.223. The van der Waals surface area contributed by atoms with Crippen LogP contribution in [-0.2, 0) is 29.1 Å². The van der Waals surface area contributed by atoms with Gasteiger partial charge in [-0.1, -0.05) is 143 Å². The van der Waals surface area contributed by atoms with E-state index < -0.39 is 0 Å². The second-order valence-corrected chi connectivity index (χ2v) is 10.4. The highest BCUT2D eigenvalue weighted by molar-refractivity contribution is 5.68. The van der Waals surface area contributed by atoms with Crippen LogP contribution in [0, 0.1) is 0 Å². The van der Waals surface area contributed by atoms with Crippen molar-refractivity contribution in [1.29, 1.82) is 0 Å². The number of hydrogen-bond acceptors (Lipinski definition) is 6. The van der Waals surface area contributed by atoms with Crippen LogP contribution in [0.15, 0.2) is 0 Å². The normalized spacial score (nSPS) is 10.6. The molecule has 0 amide bonds. The maximum Gasteiger partial charge on any atom is 0.342 e. The molecule has 0 saturated carbocycles. The summed E-state index contributed by atoms with van der Waals surface area (Å²) in [6.45, 7) is 9.66. The standard InChI is InChI=1S/2C16H32O3/c2*1-3-5-7-8-9-10-11-12-13-14-16(17)19-18-15-6-4-2/h2*3-15H2,1-2H3. The molecule has 0 saturated heterocycles. The van der Waals surface area contributed by atoms with Crippen LogP contribution in [0.5, 0.6) is 0 Å². The molecule has 0 heterocycles. The van der Waals surface area contributed by atoms with Gasteiger partial charge in [-0.05, 0) is 25.7 Å². The monoisotopic (exact) mass is 544 g/mol. The Balaban J connectivity index is 0. The van der Waals surface area contributed by atoms with E-state index in [-0.39, 0.29) is 11.9 Å². The molecule has 0 aliphatic rings. The van der Waals surface area contributed by atoms with Gasteiger partial charge in [0.25, 0.3) is 0 Å². The van der Waals surface area contributed by atoms with Gasteiger partial charge in [0.2, 0.25) is 0 Å². The summed E-state index contributed by atoms with van der Waals surface area (Å²) in [5.74, 6) is -0.446. The van der Waals surface area contributed by atoms with Gasteiger partial charge in [-0.3, -0.25) is 9.78 Å². The molecule has 0 aromatic carbocycles. The van der Waals surface area contributed by atoms with Crippen LogP contribution in [0.2, 0.25) is 0 Å². The minimum Gasteiger partial charge on any atom is -0.298 e. The van der Waals surface area contributed by atoms with Gasteiger partial charge in [0, 0.05) is 12.8 Å². The van der Waals surface area contributed by atoms with Crippen molar-refractivity contribution in [3.63, 3.8) is 0 Å². The SMILES string of the molecule is CCCCCCCCCCCC(=O)OOCCCC.CCCCCCCCCCCC(=O)OOCCCC. The molecule has 0 spiro atoms. The Bertz CT molecular complexity index is 427. The molecule has 0 unspecified atom stereocenters. The molecule has 0 radical (unpaired) electrons. The Kier molecular flexibility index (Phi) is 36.8. The van der Waals surface area contributed by atoms with Gasteiger partial charge in [0.15, 0.2) is 0 Å². The molecule has 0 aliphatic heterocycles. The van der Waals surface area contributed by atoms with Gasteiger partial charge in [-0.2, -0.15) is 9.78 Å². The summed E-state index contributed by atoms with van der Waals surface area (Å²) in [6, 6.07) is 0. The lowest BCUT2D eigenvalue weighted by atomic mass is 10.1. The van der Waals surface area contributed by atoms with Crippen LogP contribution in [0.3, 0.4) is 0 Å². The van der Waals surface area contributed by atoms with Gasteiger partial charge >= 0.3 is 11.9 Å². The van der Waals surface area contributed by atoms with Gasteiger partial charge in [0.05, 0.1) is 13.2 Å². The van der Waals surface area contributed by atoms with E-state index in [0.29, 0.717) is 26.1 Å². The molecule has 228 valence electrons. The second-order valence-electron chi connectivity index (χ2n) is 10.4. The minimum absolute atomic E-state index is 0.223. The first-order valence-electron chi connectivity index (χ1n) is 16.3. The molecule has 38 heavy (non-hydrogen) atoms. The molecule has 0 aromatic heterocycles. The van der Waals surface area contributed by atoms with Crippen LogP contribution >= 0.6 is 0 Å². The Morgan fingerprint density at radius 1 is 0.368 bits per heavy atom. The average molecular weight is 545 g/mol. The fourth-order valence-electron chi connectivity index (χ4n) is 3.86. The topological polar surface area (TPSA) is 71.1 Å². The predicted octanol–water partition coefficient (Wildman–Crippen LogP) is 10.4. The van der Waals surface area contributed by atoms with E-state index in [1.165, 1.54) is 89.9 Å². The zero-order valence-corrected chi connectivity index (χ0v) is 25.8. The number of carbonyl (C=O) groups is 2. The van der Waals surface area contributed by atoms with Gasteiger partial charge in [-0.15, -0.1) is 0 Å². The van der Waals surface area contributed by atoms with E-state index in [0.717, 1.165) is 51.4 Å². The Labute approximate surface area is 236 Å². The van der Waals surface area contributed by atoms with Gasteiger partial charge < -0.3 is 0 Å². The maximum atomic E-state index is 11.3. The van der Waals surface area contributed by atoms with Crippen LogP contribution in [0.1, 0.15) is 182 Å². The average Bonchev–Trinajstić information content (AvgIpc) is 2.92. The fraction of sp³-hybridized carbons (Fsp3) is 0.938. The highest BCUT2D eigenvalue weighted by Gasteiger charge is 2.04. The molecule has 0 fully saturated rings. The van der Waals surface area contributed by atoms with Crippen LogP contribution in [-0.4, -0.2) is 25.2 Å². The van der Waals surface area contributed by atoms with Crippen LogP contribution in [0.4, 0.5) is 0 Å². The summed E-state index contributed by atoms with van der Waals surface area (Å²) < 4.78 is 0. The van der Waals surface area contributed by atoms with Crippen molar-refractivity contribution < 1.29 is 29.1 Å². The summed E-state index contributed by atoms with van der Waals surface area (Å²) in [5, 5.41) is 0. The number of carbonyl (C=O) groups excluding carboxylic acids is 2. The number of unbranched alkanes of at least 4 members (excludes halogenated alkanes) is 18. The first-order valence-corrected chi connectivity index (χ1v) is 16.3. The molecular formula is C32H64O6. The van der Waals surface area contributed by atoms with Crippen molar-refractivity contribution >= 4 is 11.9 Å². The van der Waals surface area contributed by atoms with E-state index in [1.54, 1.807) is 0 Å². The highest BCUT2D eigenvalue weighted by Crippen LogP contribution is 2.12. The third-order valence-electron chi connectivity index (χ3n) is 6.44. The summed E-state index contributed by atoms with van der Waals surface area (Å²) in [7, 11) is 0. The van der Waals surface area contributed by atoms with Crippen molar-refractivity contribution in [2.24, 2.45) is 0 Å². The third-order valence-corrected chi connectivity index (χ3v) is 6.44. The van der Waals surface area contributed by atoms with Crippen LogP contribution < -0.4 is 0 Å². The molecule has 0 aliphatic carbocycles. The molecular weight excluding hydrogens is 480 g/mol. The third kappa shape index (κ3) is 37.0. The first-order chi connectivity index (χ1) is 18.6. The quantitative estimate of drug-likeness (QED) is 0.0554. The van der Waals surface area contributed by atoms with Gasteiger partial charge in [0.1, 0.15) is 0 Å². The van der Waals surface area contributed by atoms with E-state index >= 15 is 0 Å². The largest absolute Gasteiger partial charge is 0.342 e. The van der Waals surface area contributed by atoms with E-state index in [1.807, 2.05) is 0 Å². The van der Waals surface area contributed by atoms with E-state index in [2.05, 4.69) is 37.5 Å². The predicted molar refractivity (Wildman–Crippen MR) is 158 cm³/mol. The summed E-state index contributed by atoms with van der Waals surface area (Å²) >= 11 is 0. The highest BCUT2D eigenvalue weighted by atomic mass is 17.2. The smallest absolute Gasteiger partial charge is 0.298 e. The Morgan fingerprint density at radius 2 is 0.632 bits per heavy atom. The first kappa shape index (κ1) is 39.0. The Hall–Kier alpha value is -1.14. The van der Waals surface area contributed by atoms with Crippen LogP contribution in [0.25, 0.3) is 0 Å². The molecule has 0 atom stereocenters. The Morgan fingerprint density at radius 3 is 0.921 bits per heavy atom. The van der Waals surface area contributed by atoms with Crippen molar-refractivity contribution in [1.82, 2.24) is 0 Å². The molecule has 6 heteroatoms. The summed E-state index contributed by atoms with van der Waals surface area (Å²) in [5.41, 5.74) is 0. The maximum absolute atomic E-state index is 11.3. The lowest BCUT2D eigenvalue weighted by molar-refractivity contribution is -0.273. The zero-order valence-electron chi connectivity index (χ0n) is 25.8. The number of hydrogen-bond donors (Lipinski definition) is 0. The molecule has 0 aromatic rings. The van der Waals surface area contributed by atoms with Crippen molar-refractivity contribution in [3.05, 3.63) is 0 Å². The molecule has 0 N–H and O–H groups in total.